The molecule has 312 valence electrons. The predicted molar refractivity (Wildman–Crippen MR) is 228 cm³/mol. The van der Waals surface area contributed by atoms with E-state index in [2.05, 4.69) is 50.5 Å². The lowest BCUT2D eigenvalue weighted by Crippen LogP contribution is -2.47. The Balaban J connectivity index is 1.02. The van der Waals surface area contributed by atoms with Crippen molar-refractivity contribution in [3.63, 3.8) is 0 Å². The first kappa shape index (κ1) is 41.3. The Labute approximate surface area is 353 Å². The molecule has 3 aliphatic rings. The number of carbonyl (C=O) groups is 1. The average Bonchev–Trinajstić information content (AvgIpc) is 3.69. The first-order valence-electron chi connectivity index (χ1n) is 20.1. The highest BCUT2D eigenvalue weighted by Crippen LogP contribution is 2.43. The summed E-state index contributed by atoms with van der Waals surface area (Å²) in [6, 6.07) is 20.6. The monoisotopic (exact) mass is 852 g/mol. The third-order valence-electron chi connectivity index (χ3n) is 11.5. The third-order valence-corrected chi connectivity index (χ3v) is 13.0. The SMILES string of the molecule is CC1(C)CCC(CN2CCN(c3ccc(C(=O)NS(=O)(=O)c4cnc(OC5CCOCC5)c(C#N)c4)c(Oc4cc5cc[nH]c5cc4F)c3)CC2)=C(c2ccc(Cl)cc2)C1. The van der Waals surface area contributed by atoms with Gasteiger partial charge in [0.2, 0.25) is 5.88 Å². The van der Waals surface area contributed by atoms with Gasteiger partial charge in [0.1, 0.15) is 28.4 Å². The number of anilines is 1. The largest absolute Gasteiger partial charge is 0.473 e. The summed E-state index contributed by atoms with van der Waals surface area (Å²) in [4.78, 5) is 25.2. The molecule has 8 rings (SSSR count). The standard InChI is InChI=1S/C45H46ClFN6O6S/c1-45(2)13-9-31(38(25-45)29-3-5-33(46)6-4-29)28-52-15-17-53(18-16-52)34-7-8-37(41(23-34)59-42-22-30-10-14-49-40(30)24-39(42)47)43(54)51-60(55,56)36-21-32(26-48)44(50-27-36)58-35-11-19-57-20-12-35/h3-8,10,14,21-24,27,35,49H,9,11-13,15-20,25,28H2,1-2H3,(H,51,54). The molecule has 0 spiro atoms. The van der Waals surface area contributed by atoms with Gasteiger partial charge in [-0.1, -0.05) is 43.2 Å². The second-order valence-electron chi connectivity index (χ2n) is 16.3. The number of hydrogen-bond acceptors (Lipinski definition) is 10. The predicted octanol–water partition coefficient (Wildman–Crippen LogP) is 8.48. The van der Waals surface area contributed by atoms with Crippen molar-refractivity contribution in [2.45, 2.75) is 57.0 Å². The van der Waals surface area contributed by atoms with Crippen molar-refractivity contribution >= 4 is 49.7 Å². The number of fused-ring (bicyclic) bond motifs is 1. The highest BCUT2D eigenvalue weighted by atomic mass is 35.5. The van der Waals surface area contributed by atoms with E-state index in [4.69, 9.17) is 25.8 Å². The van der Waals surface area contributed by atoms with Crippen molar-refractivity contribution in [3.05, 3.63) is 112 Å². The molecular formula is C45H46ClFN6O6S. The normalized spacial score (nSPS) is 17.7. The van der Waals surface area contributed by atoms with E-state index < -0.39 is 26.6 Å². The molecule has 3 aromatic carbocycles. The van der Waals surface area contributed by atoms with Gasteiger partial charge in [0, 0.05) is 85.5 Å². The number of allylic oxidation sites excluding steroid dienone is 1. The maximum absolute atomic E-state index is 15.4. The van der Waals surface area contributed by atoms with Crippen molar-refractivity contribution in [3.8, 4) is 23.4 Å². The summed E-state index contributed by atoms with van der Waals surface area (Å²) in [6.45, 7) is 9.45. The summed E-state index contributed by atoms with van der Waals surface area (Å²) >= 11 is 6.23. The Bertz CT molecular complexity index is 2590. The fraction of sp³-hybridized carbons (Fsp3) is 0.356. The van der Waals surface area contributed by atoms with Crippen LogP contribution in [0.25, 0.3) is 16.5 Å². The highest BCUT2D eigenvalue weighted by molar-refractivity contribution is 7.90. The number of aromatic nitrogens is 2. The van der Waals surface area contributed by atoms with Crippen molar-refractivity contribution in [1.82, 2.24) is 19.6 Å². The Morgan fingerprint density at radius 3 is 2.57 bits per heavy atom. The molecule has 2 saturated heterocycles. The number of carbonyl (C=O) groups excluding carboxylic acids is 1. The molecule has 1 aliphatic carbocycles. The molecule has 0 radical (unpaired) electrons. The van der Waals surface area contributed by atoms with Crippen LogP contribution in [0, 0.1) is 22.6 Å². The molecule has 2 aliphatic heterocycles. The van der Waals surface area contributed by atoms with Crippen LogP contribution in [0.15, 0.2) is 89.6 Å². The Morgan fingerprint density at radius 1 is 1.05 bits per heavy atom. The van der Waals surface area contributed by atoms with Gasteiger partial charge >= 0.3 is 0 Å². The van der Waals surface area contributed by atoms with E-state index in [9.17, 15) is 18.5 Å². The minimum atomic E-state index is -4.54. The van der Waals surface area contributed by atoms with Crippen LogP contribution in [0.1, 0.15) is 67.4 Å². The van der Waals surface area contributed by atoms with Crippen molar-refractivity contribution in [2.75, 3.05) is 50.8 Å². The van der Waals surface area contributed by atoms with Crippen LogP contribution in [-0.2, 0) is 14.8 Å². The van der Waals surface area contributed by atoms with E-state index in [0.717, 1.165) is 61.9 Å². The lowest BCUT2D eigenvalue weighted by molar-refractivity contribution is 0.0235. The van der Waals surface area contributed by atoms with Crippen LogP contribution in [-0.4, -0.2) is 81.2 Å². The van der Waals surface area contributed by atoms with Gasteiger partial charge in [-0.3, -0.25) is 9.69 Å². The van der Waals surface area contributed by atoms with Gasteiger partial charge in [0.25, 0.3) is 15.9 Å². The van der Waals surface area contributed by atoms with Gasteiger partial charge < -0.3 is 24.1 Å². The summed E-state index contributed by atoms with van der Waals surface area (Å²) in [6.07, 6.45) is 6.86. The molecule has 4 heterocycles. The number of hydrogen-bond donors (Lipinski definition) is 2. The van der Waals surface area contributed by atoms with Gasteiger partial charge in [-0.15, -0.1) is 0 Å². The number of benzene rings is 3. The maximum Gasteiger partial charge on any atom is 0.268 e. The van der Waals surface area contributed by atoms with Gasteiger partial charge in [-0.2, -0.15) is 5.26 Å². The molecule has 0 atom stereocenters. The van der Waals surface area contributed by atoms with Crippen LogP contribution in [0.3, 0.4) is 0 Å². The van der Waals surface area contributed by atoms with E-state index in [1.807, 2.05) is 18.2 Å². The first-order valence-corrected chi connectivity index (χ1v) is 21.9. The number of piperazine rings is 1. The van der Waals surface area contributed by atoms with E-state index in [-0.39, 0.29) is 40.0 Å². The smallest absolute Gasteiger partial charge is 0.268 e. The fourth-order valence-electron chi connectivity index (χ4n) is 8.07. The van der Waals surface area contributed by atoms with Crippen LogP contribution >= 0.6 is 11.6 Å². The second kappa shape index (κ2) is 17.3. The van der Waals surface area contributed by atoms with Crippen molar-refractivity contribution in [1.29, 1.82) is 5.26 Å². The molecule has 60 heavy (non-hydrogen) atoms. The van der Waals surface area contributed by atoms with E-state index in [1.54, 1.807) is 24.4 Å². The molecule has 0 unspecified atom stereocenters. The minimum absolute atomic E-state index is 0.000933. The summed E-state index contributed by atoms with van der Waals surface area (Å²) in [5, 5.41) is 11.2. The molecule has 1 amide bonds. The zero-order chi connectivity index (χ0) is 42.0. The van der Waals surface area contributed by atoms with E-state index >= 15 is 4.39 Å². The molecule has 0 saturated carbocycles. The Morgan fingerprint density at radius 2 is 1.82 bits per heavy atom. The molecule has 12 nitrogen and oxygen atoms in total. The quantitative estimate of drug-likeness (QED) is 0.133. The number of halogens is 2. The molecule has 2 N–H and O–H groups in total. The Hall–Kier alpha value is -5.46. The van der Waals surface area contributed by atoms with Crippen LogP contribution in [0.2, 0.25) is 5.02 Å². The lowest BCUT2D eigenvalue weighted by Gasteiger charge is -2.39. The number of sulfonamides is 1. The van der Waals surface area contributed by atoms with Gasteiger partial charge in [-0.25, -0.2) is 22.5 Å². The fourth-order valence-corrected chi connectivity index (χ4v) is 9.13. The molecule has 2 aromatic heterocycles. The summed E-state index contributed by atoms with van der Waals surface area (Å²) in [5.74, 6) is -1.84. The number of nitrogens with zero attached hydrogens (tertiary/aromatic N) is 4. The molecule has 15 heteroatoms. The zero-order valence-corrected chi connectivity index (χ0v) is 35.0. The lowest BCUT2D eigenvalue weighted by atomic mass is 9.72. The highest BCUT2D eigenvalue weighted by Gasteiger charge is 2.30. The van der Waals surface area contributed by atoms with Gasteiger partial charge in [-0.05, 0) is 78.3 Å². The van der Waals surface area contributed by atoms with Gasteiger partial charge in [0.05, 0.1) is 25.0 Å². The average molecular weight is 853 g/mol. The summed E-state index contributed by atoms with van der Waals surface area (Å²) < 4.78 is 62.1. The molecule has 2 fully saturated rings. The first-order chi connectivity index (χ1) is 28.8. The number of amides is 1. The number of H-pyrrole nitrogens is 1. The molecule has 0 bridgehead atoms. The summed E-state index contributed by atoms with van der Waals surface area (Å²) in [7, 11) is -4.54. The molecular weight excluding hydrogens is 807 g/mol. The number of nitriles is 1. The number of rotatable bonds is 11. The number of pyridine rings is 1. The van der Waals surface area contributed by atoms with Crippen LogP contribution < -0.4 is 19.1 Å². The van der Waals surface area contributed by atoms with Gasteiger partial charge in [0.15, 0.2) is 11.6 Å². The third kappa shape index (κ3) is 9.29. The number of nitrogens with one attached hydrogen (secondary N) is 2. The Kier molecular flexibility index (Phi) is 11.9. The zero-order valence-electron chi connectivity index (χ0n) is 33.5. The van der Waals surface area contributed by atoms with Crippen LogP contribution in [0.5, 0.6) is 17.4 Å². The van der Waals surface area contributed by atoms with Crippen molar-refractivity contribution < 1.29 is 31.8 Å². The summed E-state index contributed by atoms with van der Waals surface area (Å²) in [5.41, 5.74) is 5.34. The van der Waals surface area contributed by atoms with Crippen LogP contribution in [0.4, 0.5) is 10.1 Å². The van der Waals surface area contributed by atoms with Crippen molar-refractivity contribution in [2.24, 2.45) is 5.41 Å². The minimum Gasteiger partial charge on any atom is -0.473 e. The maximum atomic E-state index is 15.4. The topological polar surface area (TPSA) is 150 Å². The van der Waals surface area contributed by atoms with E-state index in [0.29, 0.717) is 50.0 Å². The number of ether oxygens (including phenoxy) is 3. The second-order valence-corrected chi connectivity index (χ2v) is 18.4. The number of aromatic amines is 1. The van der Waals surface area contributed by atoms with E-state index in [1.165, 1.54) is 34.9 Å². The molecule has 5 aromatic rings.